The van der Waals surface area contributed by atoms with Crippen LogP contribution in [0.3, 0.4) is 0 Å². The van der Waals surface area contributed by atoms with Crippen molar-refractivity contribution in [2.45, 2.75) is 63.3 Å². The van der Waals surface area contributed by atoms with Gasteiger partial charge in [-0.2, -0.15) is 10.4 Å². The molecule has 41 heavy (non-hydrogen) atoms. The molecule has 3 aromatic heterocycles. The van der Waals surface area contributed by atoms with Gasteiger partial charge in [0.05, 0.1) is 35.7 Å². The molecule has 216 valence electrons. The van der Waals surface area contributed by atoms with E-state index in [1.807, 2.05) is 32.3 Å². The van der Waals surface area contributed by atoms with E-state index in [1.165, 1.54) is 12.8 Å². The molecule has 11 heteroatoms. The molecule has 3 aromatic rings. The number of fused-ring (bicyclic) bond motifs is 5. The molecule has 5 atom stereocenters. The molecule has 0 saturated carbocycles. The highest BCUT2D eigenvalue weighted by molar-refractivity contribution is 5.85. The molecule has 0 aliphatic carbocycles. The van der Waals surface area contributed by atoms with Crippen LogP contribution in [0.4, 0.5) is 5.82 Å². The van der Waals surface area contributed by atoms with E-state index in [-0.39, 0.29) is 6.04 Å². The number of piperazine rings is 1. The number of anilines is 1. The predicted octanol–water partition coefficient (Wildman–Crippen LogP) is 1.70. The van der Waals surface area contributed by atoms with E-state index in [9.17, 15) is 10.4 Å². The van der Waals surface area contributed by atoms with Gasteiger partial charge < -0.3 is 19.5 Å². The average molecular weight is 559 g/mol. The Labute approximate surface area is 240 Å². The molecule has 6 fully saturated rings. The highest BCUT2D eigenvalue weighted by Crippen LogP contribution is 2.36. The number of piperidine rings is 2. The number of hydrogen-bond donors (Lipinski definition) is 2. The van der Waals surface area contributed by atoms with E-state index in [0.29, 0.717) is 48.8 Å². The lowest BCUT2D eigenvalue weighted by Gasteiger charge is -2.57. The molecule has 6 aliphatic heterocycles. The second kappa shape index (κ2) is 10.9. The van der Waals surface area contributed by atoms with Crippen LogP contribution in [0.25, 0.3) is 16.6 Å². The monoisotopic (exact) mass is 558 g/mol. The van der Waals surface area contributed by atoms with E-state index >= 15 is 0 Å². The first-order valence-electron chi connectivity index (χ1n) is 14.8. The lowest BCUT2D eigenvalue weighted by molar-refractivity contribution is -0.181. The maximum atomic E-state index is 10.3. The summed E-state index contributed by atoms with van der Waals surface area (Å²) in [7, 11) is 0. The third-order valence-electron chi connectivity index (χ3n) is 8.85. The molecule has 6 saturated heterocycles. The molecule has 9 heterocycles. The number of ether oxygens (including phenoxy) is 2. The Bertz CT molecular complexity index is 1410. The maximum absolute atomic E-state index is 10.3. The van der Waals surface area contributed by atoms with E-state index in [4.69, 9.17) is 14.5 Å². The van der Waals surface area contributed by atoms with Crippen molar-refractivity contribution in [3.05, 3.63) is 42.4 Å². The van der Waals surface area contributed by atoms with Crippen LogP contribution in [0.1, 0.15) is 32.3 Å². The van der Waals surface area contributed by atoms with Crippen molar-refractivity contribution >= 4 is 11.3 Å². The number of pyridine rings is 2. The van der Waals surface area contributed by atoms with Gasteiger partial charge in [0.15, 0.2) is 0 Å². The fourth-order valence-corrected chi connectivity index (χ4v) is 6.93. The van der Waals surface area contributed by atoms with Gasteiger partial charge in [0.2, 0.25) is 0 Å². The Morgan fingerprint density at radius 3 is 2.61 bits per heavy atom. The van der Waals surface area contributed by atoms with Gasteiger partial charge >= 0.3 is 0 Å². The number of rotatable bonds is 10. The minimum atomic E-state index is -0.507. The Morgan fingerprint density at radius 1 is 1.15 bits per heavy atom. The summed E-state index contributed by atoms with van der Waals surface area (Å²) in [6.45, 7) is 9.93. The molecule has 4 bridgehead atoms. The third-order valence-corrected chi connectivity index (χ3v) is 8.85. The average Bonchev–Trinajstić information content (AvgIpc) is 3.38. The summed E-state index contributed by atoms with van der Waals surface area (Å²) in [6, 6.07) is 9.53. The van der Waals surface area contributed by atoms with Crippen LogP contribution in [0.2, 0.25) is 0 Å². The number of nitriles is 1. The van der Waals surface area contributed by atoms with Crippen LogP contribution in [0, 0.1) is 11.3 Å². The SMILES string of the molecule is CC(C)NC(O)CN1C2CC1CN(c1ccc(-c3cc(OCCN4CC5CC(C4)O5)cn4ncc(C#N)c34)cn1)C2. The number of aliphatic hydroxyl groups is 1. The molecule has 9 rings (SSSR count). The molecule has 0 radical (unpaired) electrons. The zero-order chi connectivity index (χ0) is 28.1. The van der Waals surface area contributed by atoms with Crippen LogP contribution in [0.5, 0.6) is 5.75 Å². The Kier molecular flexibility index (Phi) is 7.05. The van der Waals surface area contributed by atoms with Gasteiger partial charge in [-0.3, -0.25) is 15.1 Å². The molecule has 0 amide bonds. The van der Waals surface area contributed by atoms with E-state index < -0.39 is 6.23 Å². The fourth-order valence-electron chi connectivity index (χ4n) is 6.93. The van der Waals surface area contributed by atoms with Gasteiger partial charge in [-0.25, -0.2) is 9.50 Å². The van der Waals surface area contributed by atoms with Crippen molar-refractivity contribution in [1.29, 1.82) is 5.26 Å². The molecule has 11 nitrogen and oxygen atoms in total. The van der Waals surface area contributed by atoms with Crippen LogP contribution < -0.4 is 15.0 Å². The van der Waals surface area contributed by atoms with Crippen molar-refractivity contribution in [2.75, 3.05) is 50.8 Å². The van der Waals surface area contributed by atoms with Crippen molar-refractivity contribution in [1.82, 2.24) is 29.7 Å². The Hall–Kier alpha value is -3.27. The molecule has 2 N–H and O–H groups in total. The minimum absolute atomic E-state index is 0.256. The summed E-state index contributed by atoms with van der Waals surface area (Å²) in [6.07, 6.45) is 7.94. The van der Waals surface area contributed by atoms with Gasteiger partial charge in [-0.05, 0) is 38.5 Å². The Balaban J connectivity index is 1.04. The lowest BCUT2D eigenvalue weighted by atomic mass is 9.87. The topological polar surface area (TPSA) is 114 Å². The van der Waals surface area contributed by atoms with Crippen LogP contribution in [-0.4, -0.2) is 112 Å². The van der Waals surface area contributed by atoms with Gasteiger partial charge in [0, 0.05) is 81.1 Å². The summed E-state index contributed by atoms with van der Waals surface area (Å²) in [4.78, 5) is 12.0. The maximum Gasteiger partial charge on any atom is 0.138 e. The van der Waals surface area contributed by atoms with E-state index in [1.54, 1.807) is 10.7 Å². The summed E-state index contributed by atoms with van der Waals surface area (Å²) in [5.41, 5.74) is 3.07. The van der Waals surface area contributed by atoms with E-state index in [0.717, 1.165) is 55.2 Å². The number of morpholine rings is 1. The first kappa shape index (κ1) is 26.6. The normalized spacial score (nSPS) is 26.5. The number of nitrogens with zero attached hydrogens (tertiary/aromatic N) is 7. The highest BCUT2D eigenvalue weighted by atomic mass is 16.5. The van der Waals surface area contributed by atoms with Gasteiger partial charge in [-0.1, -0.05) is 0 Å². The molecule has 0 spiro atoms. The number of aliphatic hydroxyl groups excluding tert-OH is 1. The van der Waals surface area contributed by atoms with Crippen molar-refractivity contribution in [3.63, 3.8) is 0 Å². The van der Waals surface area contributed by atoms with Crippen LogP contribution >= 0.6 is 0 Å². The quantitative estimate of drug-likeness (QED) is 0.357. The number of aromatic nitrogens is 3. The van der Waals surface area contributed by atoms with Gasteiger partial charge in [0.25, 0.3) is 0 Å². The summed E-state index contributed by atoms with van der Waals surface area (Å²) in [5, 5.41) is 27.7. The van der Waals surface area contributed by atoms with Crippen molar-refractivity contribution < 1.29 is 14.6 Å². The summed E-state index contributed by atoms with van der Waals surface area (Å²) < 4.78 is 13.7. The second-order valence-corrected chi connectivity index (χ2v) is 12.2. The molecule has 6 aliphatic rings. The van der Waals surface area contributed by atoms with Gasteiger partial charge in [-0.15, -0.1) is 0 Å². The third kappa shape index (κ3) is 5.27. The van der Waals surface area contributed by atoms with Crippen molar-refractivity contribution in [3.8, 4) is 22.9 Å². The standard InChI is InChI=1S/C30H38N8O3/c1-19(2)34-29(39)18-37-22-7-23(37)14-36(13-22)28-4-3-20(11-32-28)27-9-24(17-38-30(27)21(10-31)12-33-38)40-6-5-35-15-25-8-26(16-35)41-25/h3-4,9,11-12,17,19,22-23,25-26,29,34,39H,5-8,13-16,18H2,1-2H3. The van der Waals surface area contributed by atoms with E-state index in [2.05, 4.69) is 43.3 Å². The van der Waals surface area contributed by atoms with Crippen molar-refractivity contribution in [2.24, 2.45) is 0 Å². The second-order valence-electron chi connectivity index (χ2n) is 12.2. The van der Waals surface area contributed by atoms with Gasteiger partial charge in [0.1, 0.15) is 30.5 Å². The molecular formula is C30H38N8O3. The number of nitrogens with one attached hydrogen (secondary N) is 1. The predicted molar refractivity (Wildman–Crippen MR) is 154 cm³/mol. The zero-order valence-electron chi connectivity index (χ0n) is 23.7. The molecular weight excluding hydrogens is 520 g/mol. The summed E-state index contributed by atoms with van der Waals surface area (Å²) in [5.74, 6) is 1.66. The summed E-state index contributed by atoms with van der Waals surface area (Å²) >= 11 is 0. The zero-order valence-corrected chi connectivity index (χ0v) is 23.7. The smallest absolute Gasteiger partial charge is 0.138 e. The van der Waals surface area contributed by atoms with Crippen LogP contribution in [-0.2, 0) is 4.74 Å². The van der Waals surface area contributed by atoms with Crippen LogP contribution in [0.15, 0.2) is 36.8 Å². The Morgan fingerprint density at radius 2 is 1.93 bits per heavy atom. The highest BCUT2D eigenvalue weighted by Gasteiger charge is 2.45. The number of hydrogen-bond acceptors (Lipinski definition) is 10. The first-order valence-corrected chi connectivity index (χ1v) is 14.8. The molecule has 5 unspecified atom stereocenters. The molecule has 0 aromatic carbocycles. The first-order chi connectivity index (χ1) is 19.9. The largest absolute Gasteiger partial charge is 0.491 e. The fraction of sp³-hybridized carbons (Fsp3) is 0.567. The lowest BCUT2D eigenvalue weighted by Crippen LogP contribution is -2.70. The minimum Gasteiger partial charge on any atom is -0.491 e.